The van der Waals surface area contributed by atoms with Crippen molar-refractivity contribution in [2.24, 2.45) is 0 Å². The highest BCUT2D eigenvalue weighted by Gasteiger charge is 2.35. The van der Waals surface area contributed by atoms with Crippen molar-refractivity contribution in [1.82, 2.24) is 4.90 Å². The zero-order valence-corrected chi connectivity index (χ0v) is 16.4. The van der Waals surface area contributed by atoms with Crippen molar-refractivity contribution in [2.45, 2.75) is 6.42 Å². The van der Waals surface area contributed by atoms with Crippen LogP contribution in [0.4, 0.5) is 5.69 Å². The number of ether oxygens (including phenoxy) is 1. The summed E-state index contributed by atoms with van der Waals surface area (Å²) in [4.78, 5) is 39.3. The standard InChI is InChI=1S/C24H20N2O4/c1-30-19-9-5-8-18(15-19)25-22(27)17-10-11-20-21(14-17)24(29)26(23(20)28)13-12-16-6-3-2-4-7-16/h2-11,14-15H,12-13H2,1H3,(H,25,27). The Morgan fingerprint density at radius 2 is 1.67 bits per heavy atom. The van der Waals surface area contributed by atoms with Crippen molar-refractivity contribution in [1.29, 1.82) is 0 Å². The van der Waals surface area contributed by atoms with Crippen molar-refractivity contribution in [3.63, 3.8) is 0 Å². The number of hydrogen-bond donors (Lipinski definition) is 1. The van der Waals surface area contributed by atoms with Crippen LogP contribution in [0.1, 0.15) is 36.6 Å². The fourth-order valence-corrected chi connectivity index (χ4v) is 3.42. The number of rotatable bonds is 6. The SMILES string of the molecule is COc1cccc(NC(=O)c2ccc3c(c2)C(=O)N(CCc2ccccc2)C3=O)c1. The minimum Gasteiger partial charge on any atom is -0.497 e. The number of nitrogens with zero attached hydrogens (tertiary/aromatic N) is 1. The minimum absolute atomic E-state index is 0.256. The molecule has 3 aromatic rings. The van der Waals surface area contributed by atoms with Crippen LogP contribution in [-0.4, -0.2) is 36.3 Å². The summed E-state index contributed by atoms with van der Waals surface area (Å²) in [5.74, 6) is -0.446. The predicted octanol–water partition coefficient (Wildman–Crippen LogP) is 3.79. The third-order valence-electron chi connectivity index (χ3n) is 5.03. The lowest BCUT2D eigenvalue weighted by molar-refractivity contribution is 0.0656. The molecule has 0 bridgehead atoms. The number of carbonyl (C=O) groups is 3. The molecular formula is C24H20N2O4. The van der Waals surface area contributed by atoms with E-state index >= 15 is 0 Å². The molecule has 0 saturated carbocycles. The number of carbonyl (C=O) groups excluding carboxylic acids is 3. The van der Waals surface area contributed by atoms with Gasteiger partial charge in [0.2, 0.25) is 0 Å². The average molecular weight is 400 g/mol. The minimum atomic E-state index is -0.373. The maximum absolute atomic E-state index is 12.8. The number of benzene rings is 3. The van der Waals surface area contributed by atoms with Gasteiger partial charge in [-0.15, -0.1) is 0 Å². The van der Waals surface area contributed by atoms with Gasteiger partial charge in [0.1, 0.15) is 5.75 Å². The monoisotopic (exact) mass is 400 g/mol. The number of nitrogens with one attached hydrogen (secondary N) is 1. The molecule has 1 N–H and O–H groups in total. The van der Waals surface area contributed by atoms with Gasteiger partial charge in [-0.25, -0.2) is 0 Å². The van der Waals surface area contributed by atoms with E-state index in [0.29, 0.717) is 35.5 Å². The number of anilines is 1. The first-order valence-corrected chi connectivity index (χ1v) is 9.56. The smallest absolute Gasteiger partial charge is 0.261 e. The molecule has 6 heteroatoms. The highest BCUT2D eigenvalue weighted by molar-refractivity contribution is 6.22. The molecule has 0 aromatic heterocycles. The lowest BCUT2D eigenvalue weighted by atomic mass is 10.1. The van der Waals surface area contributed by atoms with E-state index in [-0.39, 0.29) is 23.3 Å². The largest absolute Gasteiger partial charge is 0.497 e. The molecule has 30 heavy (non-hydrogen) atoms. The van der Waals surface area contributed by atoms with Crippen LogP contribution in [0.25, 0.3) is 0 Å². The normalized spacial score (nSPS) is 12.6. The van der Waals surface area contributed by atoms with Gasteiger partial charge in [0.15, 0.2) is 0 Å². The first-order chi connectivity index (χ1) is 14.6. The van der Waals surface area contributed by atoms with E-state index in [9.17, 15) is 14.4 Å². The summed E-state index contributed by atoms with van der Waals surface area (Å²) in [6.45, 7) is 0.293. The molecule has 1 aliphatic heterocycles. The Balaban J connectivity index is 1.50. The molecule has 0 atom stereocenters. The maximum Gasteiger partial charge on any atom is 0.261 e. The molecule has 1 aliphatic rings. The number of imide groups is 1. The quantitative estimate of drug-likeness (QED) is 0.639. The topological polar surface area (TPSA) is 75.7 Å². The van der Waals surface area contributed by atoms with Gasteiger partial charge in [0.05, 0.1) is 18.2 Å². The number of amides is 3. The van der Waals surface area contributed by atoms with Crippen LogP contribution in [0, 0.1) is 0 Å². The molecule has 4 rings (SSSR count). The summed E-state index contributed by atoms with van der Waals surface area (Å²) in [5.41, 5.74) is 2.51. The van der Waals surface area contributed by atoms with Crippen molar-refractivity contribution < 1.29 is 19.1 Å². The molecule has 3 amide bonds. The third-order valence-corrected chi connectivity index (χ3v) is 5.03. The van der Waals surface area contributed by atoms with Gasteiger partial charge in [0.25, 0.3) is 17.7 Å². The first-order valence-electron chi connectivity index (χ1n) is 9.56. The summed E-state index contributed by atoms with van der Waals surface area (Å²) >= 11 is 0. The van der Waals surface area contributed by atoms with E-state index in [1.54, 1.807) is 43.5 Å². The Hall–Kier alpha value is -3.93. The molecule has 150 valence electrons. The van der Waals surface area contributed by atoms with Crippen LogP contribution >= 0.6 is 0 Å². The summed E-state index contributed by atoms with van der Waals surface area (Å²) in [7, 11) is 1.55. The lowest BCUT2D eigenvalue weighted by Crippen LogP contribution is -2.31. The van der Waals surface area contributed by atoms with Gasteiger partial charge in [-0.05, 0) is 42.3 Å². The maximum atomic E-state index is 12.8. The number of methoxy groups -OCH3 is 1. The van der Waals surface area contributed by atoms with Gasteiger partial charge < -0.3 is 10.1 Å². The first kappa shape index (κ1) is 19.4. The molecule has 0 saturated heterocycles. The van der Waals surface area contributed by atoms with E-state index in [1.807, 2.05) is 30.3 Å². The van der Waals surface area contributed by atoms with Gasteiger partial charge in [0, 0.05) is 23.9 Å². The summed E-state index contributed by atoms with van der Waals surface area (Å²) in [5, 5.41) is 2.78. The van der Waals surface area contributed by atoms with Gasteiger partial charge in [-0.3, -0.25) is 19.3 Å². The van der Waals surface area contributed by atoms with Crippen LogP contribution in [0.3, 0.4) is 0 Å². The third kappa shape index (κ3) is 3.80. The second kappa shape index (κ2) is 8.21. The molecule has 0 fully saturated rings. The Labute approximate surface area is 174 Å². The molecule has 0 unspecified atom stereocenters. The molecule has 3 aromatic carbocycles. The average Bonchev–Trinajstić information content (AvgIpc) is 3.02. The Bertz CT molecular complexity index is 1130. The predicted molar refractivity (Wildman–Crippen MR) is 113 cm³/mol. The highest BCUT2D eigenvalue weighted by atomic mass is 16.5. The van der Waals surface area contributed by atoms with E-state index in [4.69, 9.17) is 4.74 Å². The fourth-order valence-electron chi connectivity index (χ4n) is 3.42. The zero-order valence-electron chi connectivity index (χ0n) is 16.4. The Morgan fingerprint density at radius 1 is 0.900 bits per heavy atom. The van der Waals surface area contributed by atoms with Gasteiger partial charge in [-0.1, -0.05) is 36.4 Å². The summed E-state index contributed by atoms with van der Waals surface area (Å²) < 4.78 is 5.16. The molecule has 1 heterocycles. The number of hydrogen-bond acceptors (Lipinski definition) is 4. The summed E-state index contributed by atoms with van der Waals surface area (Å²) in [6.07, 6.45) is 0.579. The second-order valence-corrected chi connectivity index (χ2v) is 6.94. The zero-order chi connectivity index (χ0) is 21.1. The fraction of sp³-hybridized carbons (Fsp3) is 0.125. The Morgan fingerprint density at radius 3 is 2.43 bits per heavy atom. The van der Waals surface area contributed by atoms with E-state index < -0.39 is 0 Å². The number of fused-ring (bicyclic) bond motifs is 1. The van der Waals surface area contributed by atoms with Crippen molar-refractivity contribution in [3.05, 3.63) is 95.1 Å². The molecule has 0 spiro atoms. The van der Waals surface area contributed by atoms with E-state index in [0.717, 1.165) is 5.56 Å². The van der Waals surface area contributed by atoms with Crippen molar-refractivity contribution >= 4 is 23.4 Å². The van der Waals surface area contributed by atoms with E-state index in [2.05, 4.69) is 5.32 Å². The van der Waals surface area contributed by atoms with Gasteiger partial charge in [-0.2, -0.15) is 0 Å². The van der Waals surface area contributed by atoms with Gasteiger partial charge >= 0.3 is 0 Å². The van der Waals surface area contributed by atoms with E-state index in [1.165, 1.54) is 11.0 Å². The van der Waals surface area contributed by atoms with Crippen LogP contribution in [-0.2, 0) is 6.42 Å². The second-order valence-electron chi connectivity index (χ2n) is 6.94. The Kier molecular flexibility index (Phi) is 5.30. The molecule has 0 radical (unpaired) electrons. The van der Waals surface area contributed by atoms with Crippen molar-refractivity contribution in [3.8, 4) is 5.75 Å². The van der Waals surface area contributed by atoms with Crippen LogP contribution in [0.5, 0.6) is 5.75 Å². The van der Waals surface area contributed by atoms with Crippen LogP contribution < -0.4 is 10.1 Å². The van der Waals surface area contributed by atoms with Crippen LogP contribution in [0.2, 0.25) is 0 Å². The molecule has 0 aliphatic carbocycles. The lowest BCUT2D eigenvalue weighted by Gasteiger charge is -2.13. The van der Waals surface area contributed by atoms with Crippen molar-refractivity contribution in [2.75, 3.05) is 19.0 Å². The van der Waals surface area contributed by atoms with Crippen LogP contribution in [0.15, 0.2) is 72.8 Å². The molecular weight excluding hydrogens is 380 g/mol. The molecule has 6 nitrogen and oxygen atoms in total. The summed E-state index contributed by atoms with van der Waals surface area (Å²) in [6, 6.07) is 21.2. The highest BCUT2D eigenvalue weighted by Crippen LogP contribution is 2.25.